The number of carbonyl (C=O) groups is 1. The first kappa shape index (κ1) is 26.1. The van der Waals surface area contributed by atoms with E-state index in [1.54, 1.807) is 23.7 Å². The fourth-order valence-corrected chi connectivity index (χ4v) is 5.26. The third kappa shape index (κ3) is 5.71. The van der Waals surface area contributed by atoms with Crippen LogP contribution in [-0.2, 0) is 14.8 Å². The van der Waals surface area contributed by atoms with Crippen LogP contribution in [0.15, 0.2) is 88.9 Å². The number of aryl methyl sites for hydroxylation is 1. The number of hydrogen-bond acceptors (Lipinski definition) is 5. The van der Waals surface area contributed by atoms with Crippen LogP contribution in [0.2, 0.25) is 5.15 Å². The molecule has 0 spiro atoms. The molecule has 0 saturated carbocycles. The molecule has 1 aromatic heterocycles. The van der Waals surface area contributed by atoms with Crippen LogP contribution < -0.4 is 9.73 Å². The molecule has 1 N–H and O–H groups in total. The number of para-hydroxylation sites is 2. The van der Waals surface area contributed by atoms with Crippen LogP contribution in [0.4, 0.5) is 10.1 Å². The summed E-state index contributed by atoms with van der Waals surface area (Å²) in [6.07, 6.45) is 1.32. The van der Waals surface area contributed by atoms with E-state index in [2.05, 4.69) is 15.6 Å². The van der Waals surface area contributed by atoms with Gasteiger partial charge in [0.25, 0.3) is 15.9 Å². The maximum absolute atomic E-state index is 14.6. The van der Waals surface area contributed by atoms with Crippen molar-refractivity contribution in [1.82, 2.24) is 15.2 Å². The molecular weight excluding hydrogens is 517 g/mol. The number of hydrazone groups is 1. The van der Waals surface area contributed by atoms with Crippen LogP contribution in [0.5, 0.6) is 0 Å². The maximum Gasteiger partial charge on any atom is 0.264 e. The summed E-state index contributed by atoms with van der Waals surface area (Å²) in [6, 6.07) is 20.7. The van der Waals surface area contributed by atoms with Gasteiger partial charge in [-0.2, -0.15) is 10.2 Å². The number of aromatic nitrogens is 2. The number of amides is 1. The Labute approximate surface area is 219 Å². The van der Waals surface area contributed by atoms with E-state index in [1.807, 2.05) is 37.3 Å². The normalized spacial score (nSPS) is 11.6. The van der Waals surface area contributed by atoms with Gasteiger partial charge in [0.15, 0.2) is 5.15 Å². The van der Waals surface area contributed by atoms with Gasteiger partial charge in [0.1, 0.15) is 12.4 Å². The predicted molar refractivity (Wildman–Crippen MR) is 141 cm³/mol. The Morgan fingerprint density at radius 1 is 1.05 bits per heavy atom. The van der Waals surface area contributed by atoms with E-state index in [9.17, 15) is 17.6 Å². The highest BCUT2D eigenvalue weighted by atomic mass is 35.5. The lowest BCUT2D eigenvalue weighted by molar-refractivity contribution is -0.119. The summed E-state index contributed by atoms with van der Waals surface area (Å²) in [7, 11) is -4.26. The number of carbonyl (C=O) groups excluding carboxylic acids is 1. The molecule has 0 aliphatic carbocycles. The summed E-state index contributed by atoms with van der Waals surface area (Å²) < 4.78 is 43.7. The molecule has 0 aliphatic rings. The summed E-state index contributed by atoms with van der Waals surface area (Å²) in [5.74, 6) is -1.57. The number of nitrogens with zero attached hydrogens (tertiary/aromatic N) is 4. The van der Waals surface area contributed by atoms with Crippen molar-refractivity contribution < 1.29 is 17.6 Å². The highest BCUT2D eigenvalue weighted by molar-refractivity contribution is 7.92. The van der Waals surface area contributed by atoms with Crippen molar-refractivity contribution in [2.75, 3.05) is 10.8 Å². The average Bonchev–Trinajstić information content (AvgIpc) is 3.17. The second-order valence-electron chi connectivity index (χ2n) is 8.11. The van der Waals surface area contributed by atoms with Gasteiger partial charge in [-0.3, -0.25) is 9.10 Å². The number of hydrogen-bond donors (Lipinski definition) is 1. The first-order valence-electron chi connectivity index (χ1n) is 11.1. The second kappa shape index (κ2) is 10.9. The highest BCUT2D eigenvalue weighted by Crippen LogP contribution is 2.26. The van der Waals surface area contributed by atoms with Crippen molar-refractivity contribution in [3.8, 4) is 5.69 Å². The number of nitrogens with one attached hydrogen (secondary N) is 1. The molecule has 1 heterocycles. The summed E-state index contributed by atoms with van der Waals surface area (Å²) >= 11 is 6.27. The zero-order valence-electron chi connectivity index (χ0n) is 20.0. The number of benzene rings is 3. The Bertz CT molecular complexity index is 1560. The molecule has 0 atom stereocenters. The molecule has 8 nitrogen and oxygen atoms in total. The quantitative estimate of drug-likeness (QED) is 0.261. The van der Waals surface area contributed by atoms with E-state index in [4.69, 9.17) is 11.6 Å². The fourth-order valence-electron chi connectivity index (χ4n) is 3.57. The molecule has 4 rings (SSSR count). The van der Waals surface area contributed by atoms with Crippen LogP contribution >= 0.6 is 11.6 Å². The zero-order valence-corrected chi connectivity index (χ0v) is 21.5. The molecule has 0 radical (unpaired) electrons. The minimum atomic E-state index is -4.26. The van der Waals surface area contributed by atoms with E-state index in [0.717, 1.165) is 17.3 Å². The largest absolute Gasteiger partial charge is 0.271 e. The van der Waals surface area contributed by atoms with E-state index in [0.29, 0.717) is 15.6 Å². The van der Waals surface area contributed by atoms with Gasteiger partial charge in [-0.05, 0) is 50.2 Å². The molecule has 0 aliphatic heterocycles. The standard InChI is InChI=1S/C26H23ClFN5O3S/c1-18-12-14-21(15-13-18)37(35,36)32(24-11-7-6-10-23(24)28)17-25(34)30-29-16-22-19(2)33(31-26(22)27)20-8-4-3-5-9-20/h3-16H,17H2,1-2H3,(H,30,34)/b29-16-. The van der Waals surface area contributed by atoms with Gasteiger partial charge in [0, 0.05) is 0 Å². The Morgan fingerprint density at radius 2 is 1.70 bits per heavy atom. The van der Waals surface area contributed by atoms with Crippen molar-refractivity contribution in [1.29, 1.82) is 0 Å². The molecule has 3 aromatic carbocycles. The number of anilines is 1. The minimum absolute atomic E-state index is 0.0756. The molecule has 0 saturated heterocycles. The van der Waals surface area contributed by atoms with Crippen LogP contribution in [0.1, 0.15) is 16.8 Å². The van der Waals surface area contributed by atoms with Crippen molar-refractivity contribution in [3.63, 3.8) is 0 Å². The van der Waals surface area contributed by atoms with Gasteiger partial charge in [-0.15, -0.1) is 0 Å². The maximum atomic E-state index is 14.6. The van der Waals surface area contributed by atoms with Crippen molar-refractivity contribution in [2.45, 2.75) is 18.7 Å². The van der Waals surface area contributed by atoms with Crippen molar-refractivity contribution >= 4 is 39.4 Å². The lowest BCUT2D eigenvalue weighted by atomic mass is 10.2. The van der Waals surface area contributed by atoms with Gasteiger partial charge in [-0.1, -0.05) is 59.6 Å². The van der Waals surface area contributed by atoms with Crippen LogP contribution in [0, 0.1) is 19.7 Å². The SMILES string of the molecule is Cc1ccc(S(=O)(=O)N(CC(=O)N/N=C\c2c(Cl)nn(-c3ccccc3)c2C)c2ccccc2F)cc1. The predicted octanol–water partition coefficient (Wildman–Crippen LogP) is 4.63. The summed E-state index contributed by atoms with van der Waals surface area (Å²) in [5.41, 5.74) is 4.85. The summed E-state index contributed by atoms with van der Waals surface area (Å²) in [4.78, 5) is 12.7. The molecule has 0 unspecified atom stereocenters. The molecule has 0 bridgehead atoms. The Balaban J connectivity index is 1.57. The second-order valence-corrected chi connectivity index (χ2v) is 10.3. The first-order chi connectivity index (χ1) is 17.7. The Morgan fingerprint density at radius 3 is 2.38 bits per heavy atom. The van der Waals surface area contributed by atoms with E-state index >= 15 is 0 Å². The lowest BCUT2D eigenvalue weighted by Crippen LogP contribution is -2.40. The van der Waals surface area contributed by atoms with Crippen LogP contribution in [0.25, 0.3) is 5.69 Å². The third-order valence-corrected chi connectivity index (χ3v) is 7.57. The number of halogens is 2. The third-order valence-electron chi connectivity index (χ3n) is 5.52. The van der Waals surface area contributed by atoms with Gasteiger partial charge < -0.3 is 0 Å². The lowest BCUT2D eigenvalue weighted by Gasteiger charge is -2.24. The van der Waals surface area contributed by atoms with Crippen LogP contribution in [-0.4, -0.2) is 36.9 Å². The fraction of sp³-hybridized carbons (Fsp3) is 0.115. The van der Waals surface area contributed by atoms with Crippen molar-refractivity contribution in [3.05, 3.63) is 107 Å². The van der Waals surface area contributed by atoms with E-state index in [-0.39, 0.29) is 15.7 Å². The summed E-state index contributed by atoms with van der Waals surface area (Å²) in [5, 5.41) is 8.40. The average molecular weight is 540 g/mol. The monoisotopic (exact) mass is 539 g/mol. The first-order valence-corrected chi connectivity index (χ1v) is 13.0. The van der Waals surface area contributed by atoms with Gasteiger partial charge in [0.2, 0.25) is 0 Å². The molecule has 0 fully saturated rings. The molecular formula is C26H23ClFN5O3S. The molecule has 1 amide bonds. The number of rotatable bonds is 8. The molecule has 37 heavy (non-hydrogen) atoms. The molecule has 4 aromatic rings. The molecule has 11 heteroatoms. The van der Waals surface area contributed by atoms with Crippen LogP contribution in [0.3, 0.4) is 0 Å². The zero-order chi connectivity index (χ0) is 26.6. The van der Waals surface area contributed by atoms with E-state index < -0.39 is 28.3 Å². The smallest absolute Gasteiger partial charge is 0.264 e. The highest BCUT2D eigenvalue weighted by Gasteiger charge is 2.29. The van der Waals surface area contributed by atoms with Gasteiger partial charge in [0.05, 0.1) is 33.7 Å². The van der Waals surface area contributed by atoms with Crippen molar-refractivity contribution in [2.24, 2.45) is 5.10 Å². The summed E-state index contributed by atoms with van der Waals surface area (Å²) in [6.45, 7) is 2.90. The van der Waals surface area contributed by atoms with E-state index in [1.165, 1.54) is 36.5 Å². The Kier molecular flexibility index (Phi) is 7.70. The minimum Gasteiger partial charge on any atom is -0.271 e. The van der Waals surface area contributed by atoms with Gasteiger partial charge >= 0.3 is 0 Å². The topological polar surface area (TPSA) is 96.7 Å². The van der Waals surface area contributed by atoms with Gasteiger partial charge in [-0.25, -0.2) is 22.9 Å². The Hall–Kier alpha value is -4.02. The number of sulfonamides is 1. The molecule has 190 valence electrons.